The summed E-state index contributed by atoms with van der Waals surface area (Å²) in [4.78, 5) is 25.0. The predicted octanol–water partition coefficient (Wildman–Crippen LogP) is 9.46. The van der Waals surface area contributed by atoms with Crippen LogP contribution in [-0.4, -0.2) is 52.9 Å². The molecular formula is C43H43F3N4O. The average molecular weight is 689 g/mol. The van der Waals surface area contributed by atoms with Gasteiger partial charge in [0.15, 0.2) is 0 Å². The number of benzene rings is 4. The van der Waals surface area contributed by atoms with E-state index in [4.69, 9.17) is 4.98 Å². The molecule has 0 unspecified atom stereocenters. The standard InChI is InChI=1S/C43H43F3N4O/c44-43(45,46)34-16-10-13-32(27-34)40-37(29-49-25-19-35(20-26-49)50-23-8-3-9-24-50)39(41(51)48-42(21-22-42)33-14-6-2-7-15-33)36-28-31(17-18-38(36)47-40)30-11-4-1-5-12-30/h1-2,4-7,10-18,27-28,35H,3,8-9,19-26,29H2,(H,48,51). The van der Waals surface area contributed by atoms with Crippen molar-refractivity contribution in [2.75, 3.05) is 26.2 Å². The third-order valence-corrected chi connectivity index (χ3v) is 11.2. The number of piperidine rings is 2. The Morgan fingerprint density at radius 3 is 2.14 bits per heavy atom. The molecule has 1 N–H and O–H groups in total. The second-order valence-corrected chi connectivity index (χ2v) is 14.5. The molecule has 5 aromatic rings. The number of alkyl halides is 3. The van der Waals surface area contributed by atoms with Gasteiger partial charge in [-0.05, 0) is 106 Å². The molecule has 0 atom stereocenters. The molecule has 8 heteroatoms. The van der Waals surface area contributed by atoms with Crippen molar-refractivity contribution in [2.45, 2.75) is 69.2 Å². The highest BCUT2D eigenvalue weighted by Crippen LogP contribution is 2.46. The van der Waals surface area contributed by atoms with Crippen LogP contribution in [0.15, 0.2) is 103 Å². The third-order valence-electron chi connectivity index (χ3n) is 11.2. The number of likely N-dealkylation sites (tertiary alicyclic amines) is 2. The topological polar surface area (TPSA) is 48.5 Å². The maximum Gasteiger partial charge on any atom is 0.416 e. The number of nitrogens with zero attached hydrogens (tertiary/aromatic N) is 3. The summed E-state index contributed by atoms with van der Waals surface area (Å²) < 4.78 is 42.2. The molecule has 1 amide bonds. The van der Waals surface area contributed by atoms with Crippen LogP contribution < -0.4 is 5.32 Å². The Kier molecular flexibility index (Phi) is 9.15. The van der Waals surface area contributed by atoms with Gasteiger partial charge < -0.3 is 10.2 Å². The third kappa shape index (κ3) is 7.04. The molecule has 1 aliphatic carbocycles. The van der Waals surface area contributed by atoms with Gasteiger partial charge in [0, 0.05) is 29.1 Å². The van der Waals surface area contributed by atoms with Crippen LogP contribution in [-0.2, 0) is 18.3 Å². The van der Waals surface area contributed by atoms with Crippen molar-refractivity contribution in [1.82, 2.24) is 20.1 Å². The first kappa shape index (κ1) is 33.6. The summed E-state index contributed by atoms with van der Waals surface area (Å²) in [6.07, 6.45) is 2.97. The van der Waals surface area contributed by atoms with E-state index < -0.39 is 17.3 Å². The monoisotopic (exact) mass is 688 g/mol. The van der Waals surface area contributed by atoms with Gasteiger partial charge in [0.1, 0.15) is 0 Å². The average Bonchev–Trinajstić information content (AvgIpc) is 3.95. The molecule has 0 radical (unpaired) electrons. The van der Waals surface area contributed by atoms with Crippen molar-refractivity contribution < 1.29 is 18.0 Å². The van der Waals surface area contributed by atoms with Gasteiger partial charge in [-0.1, -0.05) is 85.3 Å². The van der Waals surface area contributed by atoms with Gasteiger partial charge in [0.2, 0.25) is 0 Å². The molecule has 1 aromatic heterocycles. The number of pyridine rings is 1. The SMILES string of the molecule is O=C(NC1(c2ccccc2)CC1)c1c(CN2CCC(N3CCCCC3)CC2)c(-c2cccc(C(F)(F)F)c2)nc2ccc(-c3ccccc3)cc12. The van der Waals surface area contributed by atoms with Crippen molar-refractivity contribution in [2.24, 2.45) is 0 Å². The Labute approximate surface area is 297 Å². The van der Waals surface area contributed by atoms with Crippen LogP contribution in [0.2, 0.25) is 0 Å². The summed E-state index contributed by atoms with van der Waals surface area (Å²) >= 11 is 0. The second kappa shape index (κ2) is 13.9. The summed E-state index contributed by atoms with van der Waals surface area (Å²) in [6.45, 7) is 4.41. The Bertz CT molecular complexity index is 2010. The normalized spacial score (nSPS) is 18.5. The number of nitrogens with one attached hydrogen (secondary N) is 1. The molecule has 0 spiro atoms. The fourth-order valence-corrected chi connectivity index (χ4v) is 8.21. The highest BCUT2D eigenvalue weighted by molar-refractivity contribution is 6.10. The van der Waals surface area contributed by atoms with Gasteiger partial charge in [-0.3, -0.25) is 9.69 Å². The van der Waals surface area contributed by atoms with E-state index >= 15 is 0 Å². The highest BCUT2D eigenvalue weighted by atomic mass is 19.4. The number of hydrogen-bond acceptors (Lipinski definition) is 4. The summed E-state index contributed by atoms with van der Waals surface area (Å²) in [5, 5.41) is 4.12. The zero-order valence-corrected chi connectivity index (χ0v) is 28.8. The maximum absolute atomic E-state index is 14.9. The van der Waals surface area contributed by atoms with Gasteiger partial charge in [-0.2, -0.15) is 13.2 Å². The Hall–Kier alpha value is -4.53. The highest BCUT2D eigenvalue weighted by Gasteiger charge is 2.46. The van der Waals surface area contributed by atoms with Crippen LogP contribution in [0.3, 0.4) is 0 Å². The van der Waals surface area contributed by atoms with Gasteiger partial charge in [-0.15, -0.1) is 0 Å². The van der Waals surface area contributed by atoms with Gasteiger partial charge >= 0.3 is 6.18 Å². The zero-order valence-electron chi connectivity index (χ0n) is 28.8. The Balaban J connectivity index is 1.26. The number of rotatable bonds is 8. The number of halogens is 3. The van der Waals surface area contributed by atoms with Gasteiger partial charge in [0.25, 0.3) is 5.91 Å². The quantitative estimate of drug-likeness (QED) is 0.177. The molecule has 1 saturated carbocycles. The van der Waals surface area contributed by atoms with Gasteiger partial charge in [-0.25, -0.2) is 4.98 Å². The van der Waals surface area contributed by atoms with Crippen LogP contribution in [0.5, 0.6) is 0 Å². The van der Waals surface area contributed by atoms with E-state index in [1.807, 2.05) is 78.9 Å². The first-order valence-corrected chi connectivity index (χ1v) is 18.3. The number of amides is 1. The minimum atomic E-state index is -4.51. The summed E-state index contributed by atoms with van der Waals surface area (Å²) in [5.74, 6) is -0.222. The van der Waals surface area contributed by atoms with Crippen LogP contribution in [0.4, 0.5) is 13.2 Å². The number of carbonyl (C=O) groups is 1. The molecule has 262 valence electrons. The molecular weight excluding hydrogens is 645 g/mol. The molecule has 5 nitrogen and oxygen atoms in total. The Morgan fingerprint density at radius 2 is 1.45 bits per heavy atom. The number of carbonyl (C=O) groups excluding carboxylic acids is 1. The van der Waals surface area contributed by atoms with Crippen molar-refractivity contribution in [3.8, 4) is 22.4 Å². The van der Waals surface area contributed by atoms with Crippen molar-refractivity contribution >= 4 is 16.8 Å². The van der Waals surface area contributed by atoms with Crippen LogP contribution in [0, 0.1) is 0 Å². The molecule has 51 heavy (non-hydrogen) atoms. The van der Waals surface area contributed by atoms with E-state index in [9.17, 15) is 18.0 Å². The number of hydrogen-bond donors (Lipinski definition) is 1. The lowest BCUT2D eigenvalue weighted by atomic mass is 9.91. The van der Waals surface area contributed by atoms with Crippen LogP contribution >= 0.6 is 0 Å². The number of aromatic nitrogens is 1. The summed E-state index contributed by atoms with van der Waals surface area (Å²) in [6, 6.07) is 31.9. The minimum Gasteiger partial charge on any atom is -0.342 e. The lowest BCUT2D eigenvalue weighted by molar-refractivity contribution is -0.137. The van der Waals surface area contributed by atoms with Crippen LogP contribution in [0.1, 0.15) is 72.0 Å². The zero-order chi connectivity index (χ0) is 35.0. The fraction of sp³-hybridized carbons (Fsp3) is 0.349. The van der Waals surface area contributed by atoms with Crippen molar-refractivity contribution in [3.63, 3.8) is 0 Å². The smallest absolute Gasteiger partial charge is 0.342 e. The van der Waals surface area contributed by atoms with Crippen molar-refractivity contribution in [1.29, 1.82) is 0 Å². The molecule has 4 aromatic carbocycles. The van der Waals surface area contributed by atoms with E-state index in [1.165, 1.54) is 31.4 Å². The molecule has 2 aliphatic heterocycles. The molecule has 3 heterocycles. The van der Waals surface area contributed by atoms with E-state index in [1.54, 1.807) is 6.07 Å². The second-order valence-electron chi connectivity index (χ2n) is 14.5. The minimum absolute atomic E-state index is 0.222. The van der Waals surface area contributed by atoms with E-state index in [0.29, 0.717) is 45.9 Å². The molecule has 8 rings (SSSR count). The lowest BCUT2D eigenvalue weighted by Gasteiger charge is -2.40. The molecule has 3 fully saturated rings. The summed E-state index contributed by atoms with van der Waals surface area (Å²) in [7, 11) is 0. The first-order valence-electron chi connectivity index (χ1n) is 18.3. The van der Waals surface area contributed by atoms with Crippen molar-refractivity contribution in [3.05, 3.63) is 125 Å². The van der Waals surface area contributed by atoms with Crippen LogP contribution in [0.25, 0.3) is 33.3 Å². The molecule has 0 bridgehead atoms. The van der Waals surface area contributed by atoms with Gasteiger partial charge in [0.05, 0.1) is 27.9 Å². The Morgan fingerprint density at radius 1 is 0.765 bits per heavy atom. The largest absolute Gasteiger partial charge is 0.416 e. The maximum atomic E-state index is 14.9. The summed E-state index contributed by atoms with van der Waals surface area (Å²) in [5.41, 5.74) is 4.32. The molecule has 3 aliphatic rings. The molecule has 2 saturated heterocycles. The van der Waals surface area contributed by atoms with E-state index in [-0.39, 0.29) is 5.91 Å². The fourth-order valence-electron chi connectivity index (χ4n) is 8.21. The van der Waals surface area contributed by atoms with E-state index in [0.717, 1.165) is 74.6 Å². The lowest BCUT2D eigenvalue weighted by Crippen LogP contribution is -2.46. The first-order chi connectivity index (χ1) is 24.8. The van der Waals surface area contributed by atoms with E-state index in [2.05, 4.69) is 15.1 Å². The predicted molar refractivity (Wildman–Crippen MR) is 196 cm³/mol. The number of fused-ring (bicyclic) bond motifs is 1.